The number of hydrogen-bond acceptors (Lipinski definition) is 4. The average molecular weight is 352 g/mol. The maximum absolute atomic E-state index is 12.0. The van der Waals surface area contributed by atoms with Crippen molar-refractivity contribution in [2.24, 2.45) is 5.16 Å². The van der Waals surface area contributed by atoms with Crippen LogP contribution in [0.2, 0.25) is 5.02 Å². The second-order valence-corrected chi connectivity index (χ2v) is 5.24. The van der Waals surface area contributed by atoms with Gasteiger partial charge < -0.3 is 14.0 Å². The Morgan fingerprint density at radius 1 is 1.17 bits per heavy atom. The topological polar surface area (TPSA) is 48.1 Å². The number of nitrogens with zero attached hydrogens (tertiary/aromatic N) is 3. The molecule has 0 bridgehead atoms. The number of oxime groups is 1. The van der Waals surface area contributed by atoms with Gasteiger partial charge in [-0.05, 0) is 42.0 Å². The third kappa shape index (κ3) is 4.20. The van der Waals surface area contributed by atoms with Crippen LogP contribution in [0, 0.1) is 0 Å². The summed E-state index contributed by atoms with van der Waals surface area (Å²) in [7, 11) is 0. The Balaban J connectivity index is 1.55. The van der Waals surface area contributed by atoms with Crippen LogP contribution in [0.4, 0.5) is 8.78 Å². The number of rotatable bonds is 6. The second-order valence-electron chi connectivity index (χ2n) is 4.80. The fourth-order valence-electron chi connectivity index (χ4n) is 2.02. The highest BCUT2D eigenvalue weighted by atomic mass is 35.5. The Hall–Kier alpha value is -2.67. The van der Waals surface area contributed by atoms with Crippen LogP contribution in [0.1, 0.15) is 11.3 Å². The summed E-state index contributed by atoms with van der Waals surface area (Å²) in [6.45, 7) is -2.64. The summed E-state index contributed by atoms with van der Waals surface area (Å²) in [6, 6.07) is 9.61. The molecule has 0 N–H and O–H groups in total. The third-order valence-electron chi connectivity index (χ3n) is 3.06. The first-order chi connectivity index (χ1) is 11.6. The molecule has 2 heterocycles. The van der Waals surface area contributed by atoms with Crippen molar-refractivity contribution >= 4 is 23.5 Å². The first kappa shape index (κ1) is 16.2. The number of halogens is 3. The molecule has 0 aliphatic carbocycles. The van der Waals surface area contributed by atoms with Gasteiger partial charge in [-0.2, -0.15) is 8.78 Å². The highest BCUT2D eigenvalue weighted by Crippen LogP contribution is 2.14. The van der Waals surface area contributed by atoms with E-state index in [-0.39, 0.29) is 12.4 Å². The van der Waals surface area contributed by atoms with E-state index in [9.17, 15) is 8.78 Å². The molecule has 0 spiro atoms. The van der Waals surface area contributed by atoms with Crippen molar-refractivity contribution in [2.75, 3.05) is 0 Å². The molecule has 0 aliphatic rings. The maximum atomic E-state index is 12.0. The van der Waals surface area contributed by atoms with Gasteiger partial charge in [0.25, 0.3) is 0 Å². The molecule has 124 valence electrons. The smallest absolute Gasteiger partial charge is 0.387 e. The van der Waals surface area contributed by atoms with E-state index in [0.717, 1.165) is 5.65 Å². The van der Waals surface area contributed by atoms with E-state index in [2.05, 4.69) is 14.9 Å². The summed E-state index contributed by atoms with van der Waals surface area (Å²) in [5.74, 6) is 0.0893. The molecule has 0 radical (unpaired) electrons. The Kier molecular flexibility index (Phi) is 4.90. The van der Waals surface area contributed by atoms with Gasteiger partial charge in [-0.15, -0.1) is 0 Å². The number of benzene rings is 1. The molecular formula is C16H12ClF2N3O2. The van der Waals surface area contributed by atoms with Crippen LogP contribution in [-0.2, 0) is 11.4 Å². The summed E-state index contributed by atoms with van der Waals surface area (Å²) in [5.41, 5.74) is 2.16. The summed E-state index contributed by atoms with van der Waals surface area (Å²) in [5, 5.41) is 4.44. The molecule has 3 rings (SSSR count). The molecule has 0 atom stereocenters. The van der Waals surface area contributed by atoms with E-state index in [4.69, 9.17) is 16.4 Å². The van der Waals surface area contributed by atoms with Crippen LogP contribution < -0.4 is 4.74 Å². The first-order valence-corrected chi connectivity index (χ1v) is 7.31. The Morgan fingerprint density at radius 3 is 2.71 bits per heavy atom. The molecule has 0 fully saturated rings. The number of pyridine rings is 1. The summed E-state index contributed by atoms with van der Waals surface area (Å²) >= 11 is 5.91. The normalized spacial score (nSPS) is 11.5. The average Bonchev–Trinajstić information content (AvgIpc) is 2.94. The van der Waals surface area contributed by atoms with Crippen LogP contribution in [0.3, 0.4) is 0 Å². The van der Waals surface area contributed by atoms with E-state index in [0.29, 0.717) is 16.3 Å². The molecule has 24 heavy (non-hydrogen) atoms. The van der Waals surface area contributed by atoms with Gasteiger partial charge in [0, 0.05) is 12.4 Å². The van der Waals surface area contributed by atoms with Crippen LogP contribution in [-0.4, -0.2) is 22.2 Å². The summed E-state index contributed by atoms with van der Waals surface area (Å²) < 4.78 is 30.2. The van der Waals surface area contributed by atoms with Gasteiger partial charge in [0.05, 0.1) is 16.9 Å². The molecule has 3 aromatic rings. The molecule has 0 saturated carbocycles. The van der Waals surface area contributed by atoms with E-state index < -0.39 is 6.61 Å². The number of ether oxygens (including phenoxy) is 1. The standard InChI is InChI=1S/C16H12ClF2N3O2/c17-12-3-6-15-21-13(9-22(15)8-12)10-23-20-7-11-1-4-14(5-2-11)24-16(18)19/h1-9,16H,10H2/b20-7+. The van der Waals surface area contributed by atoms with Crippen LogP contribution in [0.15, 0.2) is 53.9 Å². The van der Waals surface area contributed by atoms with Crippen LogP contribution in [0.5, 0.6) is 5.75 Å². The monoisotopic (exact) mass is 351 g/mol. The summed E-state index contributed by atoms with van der Waals surface area (Å²) in [4.78, 5) is 9.54. The van der Waals surface area contributed by atoms with Gasteiger partial charge in [0.1, 0.15) is 11.4 Å². The highest BCUT2D eigenvalue weighted by molar-refractivity contribution is 6.30. The Bertz CT molecular complexity index is 850. The van der Waals surface area contributed by atoms with Gasteiger partial charge in [-0.1, -0.05) is 16.8 Å². The molecule has 2 aromatic heterocycles. The van der Waals surface area contributed by atoms with Crippen molar-refractivity contribution in [3.8, 4) is 5.75 Å². The van der Waals surface area contributed by atoms with Crippen molar-refractivity contribution in [2.45, 2.75) is 13.2 Å². The lowest BCUT2D eigenvalue weighted by Crippen LogP contribution is -2.01. The fourth-order valence-corrected chi connectivity index (χ4v) is 2.19. The van der Waals surface area contributed by atoms with Gasteiger partial charge >= 0.3 is 6.61 Å². The van der Waals surface area contributed by atoms with Crippen molar-refractivity contribution in [1.29, 1.82) is 0 Å². The van der Waals surface area contributed by atoms with Gasteiger partial charge in [-0.25, -0.2) is 4.98 Å². The van der Waals surface area contributed by atoms with Crippen molar-refractivity contribution in [1.82, 2.24) is 9.38 Å². The molecule has 8 heteroatoms. The lowest BCUT2D eigenvalue weighted by Gasteiger charge is -2.03. The van der Waals surface area contributed by atoms with Crippen molar-refractivity contribution in [3.63, 3.8) is 0 Å². The first-order valence-electron chi connectivity index (χ1n) is 6.93. The molecule has 5 nitrogen and oxygen atoms in total. The zero-order valence-electron chi connectivity index (χ0n) is 12.3. The lowest BCUT2D eigenvalue weighted by atomic mass is 10.2. The minimum atomic E-state index is -2.84. The fraction of sp³-hybridized carbons (Fsp3) is 0.125. The number of hydrogen-bond donors (Lipinski definition) is 0. The minimum absolute atomic E-state index is 0.0893. The van der Waals surface area contributed by atoms with E-state index in [1.807, 2.05) is 0 Å². The van der Waals surface area contributed by atoms with Gasteiger partial charge in [0.15, 0.2) is 6.61 Å². The molecular weight excluding hydrogens is 340 g/mol. The minimum Gasteiger partial charge on any atom is -0.435 e. The molecule has 0 unspecified atom stereocenters. The zero-order valence-corrected chi connectivity index (χ0v) is 13.0. The maximum Gasteiger partial charge on any atom is 0.387 e. The van der Waals surface area contributed by atoms with Crippen LogP contribution in [0.25, 0.3) is 5.65 Å². The molecule has 0 saturated heterocycles. The molecule has 1 aromatic carbocycles. The summed E-state index contributed by atoms with van der Waals surface area (Å²) in [6.07, 6.45) is 5.02. The SMILES string of the molecule is FC(F)Oc1ccc(/C=N/OCc2cn3cc(Cl)ccc3n2)cc1. The quantitative estimate of drug-likeness (QED) is 0.495. The zero-order chi connectivity index (χ0) is 16.9. The number of fused-ring (bicyclic) bond motifs is 1. The number of aromatic nitrogens is 2. The van der Waals surface area contributed by atoms with E-state index in [1.165, 1.54) is 18.3 Å². The number of alkyl halides is 2. The Labute approximate surface area is 141 Å². The van der Waals surface area contributed by atoms with E-state index >= 15 is 0 Å². The van der Waals surface area contributed by atoms with Crippen LogP contribution >= 0.6 is 11.6 Å². The predicted molar refractivity (Wildman–Crippen MR) is 85.7 cm³/mol. The van der Waals surface area contributed by atoms with E-state index in [1.54, 1.807) is 41.1 Å². The Morgan fingerprint density at radius 2 is 1.96 bits per heavy atom. The van der Waals surface area contributed by atoms with Crippen molar-refractivity contribution < 1.29 is 18.4 Å². The lowest BCUT2D eigenvalue weighted by molar-refractivity contribution is -0.0498. The largest absolute Gasteiger partial charge is 0.435 e. The third-order valence-corrected chi connectivity index (χ3v) is 3.28. The highest BCUT2D eigenvalue weighted by Gasteiger charge is 2.04. The van der Waals surface area contributed by atoms with Gasteiger partial charge in [0.2, 0.25) is 0 Å². The van der Waals surface area contributed by atoms with Crippen molar-refractivity contribution in [3.05, 3.63) is 65.1 Å². The van der Waals surface area contributed by atoms with Gasteiger partial charge in [-0.3, -0.25) is 0 Å². The second kappa shape index (κ2) is 7.27. The predicted octanol–water partition coefficient (Wildman–Crippen LogP) is 4.14. The number of imidazole rings is 1. The molecule has 0 aliphatic heterocycles. The molecule has 0 amide bonds.